The predicted molar refractivity (Wildman–Crippen MR) is 80.3 cm³/mol. The van der Waals surface area contributed by atoms with Crippen molar-refractivity contribution in [1.29, 1.82) is 0 Å². The van der Waals surface area contributed by atoms with Crippen LogP contribution < -0.4 is 5.84 Å². The summed E-state index contributed by atoms with van der Waals surface area (Å²) in [6, 6.07) is 0.745. The second-order valence-electron chi connectivity index (χ2n) is 5.46. The summed E-state index contributed by atoms with van der Waals surface area (Å²) < 4.78 is 0. The second kappa shape index (κ2) is 9.73. The second-order valence-corrected chi connectivity index (χ2v) is 5.46. The van der Waals surface area contributed by atoms with Crippen LogP contribution in [0.4, 0.5) is 0 Å². The van der Waals surface area contributed by atoms with Gasteiger partial charge in [-0.25, -0.2) is 5.01 Å². The summed E-state index contributed by atoms with van der Waals surface area (Å²) in [4.78, 5) is 4.81. The van der Waals surface area contributed by atoms with E-state index < -0.39 is 0 Å². The van der Waals surface area contributed by atoms with Gasteiger partial charge in [0, 0.05) is 19.6 Å². The Kier molecular flexibility index (Phi) is 9.64. The van der Waals surface area contributed by atoms with Gasteiger partial charge in [-0.15, -0.1) is 0 Å². The van der Waals surface area contributed by atoms with Crippen molar-refractivity contribution < 1.29 is 0 Å². The van der Waals surface area contributed by atoms with E-state index in [9.17, 15) is 0 Å². The molecule has 110 valence electrons. The van der Waals surface area contributed by atoms with Gasteiger partial charge in [0.25, 0.3) is 0 Å². The molecule has 0 saturated carbocycles. The first kappa shape index (κ1) is 17.8. The molecule has 0 rings (SSSR count). The Morgan fingerprint density at radius 2 is 1.56 bits per heavy atom. The minimum Gasteiger partial charge on any atom is -0.303 e. The Bertz CT molecular complexity index is 196. The van der Waals surface area contributed by atoms with Crippen molar-refractivity contribution in [3.8, 4) is 0 Å². The average molecular weight is 258 g/mol. The van der Waals surface area contributed by atoms with Crippen LogP contribution in [-0.2, 0) is 0 Å². The molecule has 0 fully saturated rings. The minimum atomic E-state index is 0.299. The van der Waals surface area contributed by atoms with E-state index in [2.05, 4.69) is 44.7 Å². The summed E-state index contributed by atoms with van der Waals surface area (Å²) in [6.07, 6.45) is 5.34. The highest BCUT2D eigenvalue weighted by Gasteiger charge is 2.13. The topological polar surface area (TPSA) is 35.7 Å². The third-order valence-electron chi connectivity index (χ3n) is 3.97. The third kappa shape index (κ3) is 6.69. The van der Waals surface area contributed by atoms with E-state index in [0.29, 0.717) is 6.17 Å². The van der Waals surface area contributed by atoms with Gasteiger partial charge in [0.1, 0.15) is 0 Å². The molecule has 0 aliphatic rings. The zero-order chi connectivity index (χ0) is 14.1. The van der Waals surface area contributed by atoms with Gasteiger partial charge in [-0.1, -0.05) is 20.3 Å². The van der Waals surface area contributed by atoms with Gasteiger partial charge in [-0.05, 0) is 46.8 Å². The normalized spacial score (nSPS) is 15.7. The summed E-state index contributed by atoms with van der Waals surface area (Å²) >= 11 is 0. The van der Waals surface area contributed by atoms with Crippen LogP contribution in [0.3, 0.4) is 0 Å². The Labute approximate surface area is 114 Å². The Hall–Kier alpha value is -0.160. The molecule has 0 amide bonds. The quantitative estimate of drug-likeness (QED) is 0.369. The first-order valence-electron chi connectivity index (χ1n) is 7.31. The Morgan fingerprint density at radius 3 is 2.00 bits per heavy atom. The summed E-state index contributed by atoms with van der Waals surface area (Å²) in [5, 5.41) is 1.76. The van der Waals surface area contributed by atoms with E-state index in [1.807, 2.05) is 7.05 Å². The fraction of sp³-hybridized carbons (Fsp3) is 1.00. The molecule has 0 aromatic heterocycles. The van der Waals surface area contributed by atoms with Crippen molar-refractivity contribution in [2.24, 2.45) is 5.84 Å². The summed E-state index contributed by atoms with van der Waals surface area (Å²) in [7, 11) is 6.31. The molecule has 0 radical (unpaired) electrons. The van der Waals surface area contributed by atoms with E-state index in [4.69, 9.17) is 5.84 Å². The number of nitrogens with two attached hydrogens (primary N) is 1. The van der Waals surface area contributed by atoms with Crippen LogP contribution in [0.15, 0.2) is 0 Å². The van der Waals surface area contributed by atoms with Crippen molar-refractivity contribution in [3.63, 3.8) is 0 Å². The monoisotopic (exact) mass is 258 g/mol. The molecular formula is C14H34N4. The molecule has 0 aromatic rings. The van der Waals surface area contributed by atoms with Crippen LogP contribution in [-0.4, -0.2) is 61.2 Å². The first-order valence-corrected chi connectivity index (χ1v) is 7.31. The summed E-state index contributed by atoms with van der Waals surface area (Å²) in [5.74, 6) is 5.76. The Morgan fingerprint density at radius 1 is 1.00 bits per heavy atom. The number of rotatable bonds is 10. The van der Waals surface area contributed by atoms with E-state index in [1.165, 1.54) is 32.2 Å². The summed E-state index contributed by atoms with van der Waals surface area (Å²) in [5.41, 5.74) is 0. The number of nitrogens with zero attached hydrogens (tertiary/aromatic N) is 3. The van der Waals surface area contributed by atoms with Crippen molar-refractivity contribution >= 4 is 0 Å². The maximum atomic E-state index is 5.76. The van der Waals surface area contributed by atoms with Gasteiger partial charge >= 0.3 is 0 Å². The average Bonchev–Trinajstić information content (AvgIpc) is 2.34. The van der Waals surface area contributed by atoms with E-state index in [-0.39, 0.29) is 0 Å². The fourth-order valence-corrected chi connectivity index (χ4v) is 2.32. The molecule has 18 heavy (non-hydrogen) atoms. The smallest absolute Gasteiger partial charge is 0.0721 e. The predicted octanol–water partition coefficient (Wildman–Crippen LogP) is 1.97. The maximum Gasteiger partial charge on any atom is 0.0721 e. The van der Waals surface area contributed by atoms with Crippen LogP contribution in [0.2, 0.25) is 0 Å². The molecule has 0 bridgehead atoms. The van der Waals surface area contributed by atoms with Gasteiger partial charge in [-0.2, -0.15) is 0 Å². The molecular weight excluding hydrogens is 224 g/mol. The standard InChI is InChI=1S/C14H34N4/c1-7-10-14(8-2)17(5)12-9-11-16(4)13(3)18(6)15/h13-14H,7-12,15H2,1-6H3/t13-,14?/m0/s1. The molecule has 0 saturated heterocycles. The molecule has 2 N–H and O–H groups in total. The highest BCUT2D eigenvalue weighted by molar-refractivity contribution is 4.68. The molecule has 4 heteroatoms. The van der Waals surface area contributed by atoms with Crippen LogP contribution in [0.5, 0.6) is 0 Å². The van der Waals surface area contributed by atoms with Crippen LogP contribution in [0, 0.1) is 0 Å². The lowest BCUT2D eigenvalue weighted by Gasteiger charge is -2.31. The lowest BCUT2D eigenvalue weighted by atomic mass is 10.1. The fourth-order valence-electron chi connectivity index (χ4n) is 2.32. The summed E-state index contributed by atoms with van der Waals surface area (Å²) in [6.45, 7) is 8.95. The van der Waals surface area contributed by atoms with Crippen LogP contribution >= 0.6 is 0 Å². The van der Waals surface area contributed by atoms with Crippen molar-refractivity contribution in [2.75, 3.05) is 34.2 Å². The van der Waals surface area contributed by atoms with Crippen LogP contribution in [0.1, 0.15) is 46.5 Å². The zero-order valence-electron chi connectivity index (χ0n) is 13.3. The molecule has 4 nitrogen and oxygen atoms in total. The van der Waals surface area contributed by atoms with Gasteiger partial charge in [0.15, 0.2) is 0 Å². The number of hydrazine groups is 1. The highest BCUT2D eigenvalue weighted by Crippen LogP contribution is 2.09. The molecule has 1 unspecified atom stereocenters. The SMILES string of the molecule is CCCC(CC)N(C)CCCN(C)[C@H](C)N(C)N. The molecule has 0 spiro atoms. The van der Waals surface area contributed by atoms with Gasteiger partial charge in [-0.3, -0.25) is 10.7 Å². The van der Waals surface area contributed by atoms with E-state index >= 15 is 0 Å². The Balaban J connectivity index is 3.88. The molecule has 0 aliphatic heterocycles. The van der Waals surface area contributed by atoms with Crippen molar-refractivity contribution in [1.82, 2.24) is 14.8 Å². The molecule has 0 aromatic carbocycles. The maximum absolute atomic E-state index is 5.76. The first-order chi connectivity index (χ1) is 8.43. The van der Waals surface area contributed by atoms with Gasteiger partial charge in [0.05, 0.1) is 6.17 Å². The van der Waals surface area contributed by atoms with Crippen LogP contribution in [0.25, 0.3) is 0 Å². The third-order valence-corrected chi connectivity index (χ3v) is 3.97. The minimum absolute atomic E-state index is 0.299. The number of hydrogen-bond donors (Lipinski definition) is 1. The molecule has 0 heterocycles. The lowest BCUT2D eigenvalue weighted by Crippen LogP contribution is -2.47. The lowest BCUT2D eigenvalue weighted by molar-refractivity contribution is 0.0924. The molecule has 2 atom stereocenters. The van der Waals surface area contributed by atoms with Crippen molar-refractivity contribution in [3.05, 3.63) is 0 Å². The largest absolute Gasteiger partial charge is 0.303 e. The highest BCUT2D eigenvalue weighted by atomic mass is 15.5. The van der Waals surface area contributed by atoms with Gasteiger partial charge in [0.2, 0.25) is 0 Å². The number of hydrogen-bond acceptors (Lipinski definition) is 4. The van der Waals surface area contributed by atoms with Gasteiger partial charge < -0.3 is 4.90 Å². The van der Waals surface area contributed by atoms with E-state index in [1.54, 1.807) is 5.01 Å². The zero-order valence-corrected chi connectivity index (χ0v) is 13.3. The van der Waals surface area contributed by atoms with Crippen molar-refractivity contribution in [2.45, 2.75) is 58.7 Å². The molecule has 0 aliphatic carbocycles. The van der Waals surface area contributed by atoms with E-state index in [0.717, 1.165) is 12.6 Å².